The molecule has 0 bridgehead atoms. The van der Waals surface area contributed by atoms with Crippen LogP contribution in [0, 0.1) is 17.2 Å². The number of Topliss-reactive ketones (excluding diaryl/α,β-unsaturated/α-hetero) is 1. The Balaban J connectivity index is 1.37. The van der Waals surface area contributed by atoms with Crippen LogP contribution in [0.15, 0.2) is 53.2 Å². The maximum Gasteiger partial charge on any atom is 0.220 e. The zero-order valence-corrected chi connectivity index (χ0v) is 21.5. The van der Waals surface area contributed by atoms with E-state index in [2.05, 4.69) is 34.7 Å². The number of hydrogen-bond donors (Lipinski definition) is 1. The number of fused-ring (bicyclic) bond motifs is 1. The summed E-state index contributed by atoms with van der Waals surface area (Å²) >= 11 is 1.71. The quantitative estimate of drug-likeness (QED) is 0.438. The van der Waals surface area contributed by atoms with E-state index in [0.29, 0.717) is 12.4 Å². The Morgan fingerprint density at radius 2 is 1.74 bits per heavy atom. The van der Waals surface area contributed by atoms with Gasteiger partial charge in [-0.2, -0.15) is 5.26 Å². The average molecular weight is 492 g/mol. The summed E-state index contributed by atoms with van der Waals surface area (Å²) in [5, 5.41) is 14.9. The molecule has 1 saturated heterocycles. The fourth-order valence-electron chi connectivity index (χ4n) is 4.94. The first-order valence-corrected chi connectivity index (χ1v) is 13.1. The molecular formula is C27H33N5O2S. The van der Waals surface area contributed by atoms with Crippen molar-refractivity contribution in [1.82, 2.24) is 10.2 Å². The summed E-state index contributed by atoms with van der Waals surface area (Å²) in [4.78, 5) is 33.1. The van der Waals surface area contributed by atoms with E-state index >= 15 is 0 Å². The summed E-state index contributed by atoms with van der Waals surface area (Å²) in [6.45, 7) is 4.87. The summed E-state index contributed by atoms with van der Waals surface area (Å²) in [6.07, 6.45) is 2.40. The molecule has 0 aliphatic carbocycles. The van der Waals surface area contributed by atoms with Gasteiger partial charge < -0.3 is 15.1 Å². The number of nitrogens with one attached hydrogen (secondary N) is 1. The smallest absolute Gasteiger partial charge is 0.220 e. The second kappa shape index (κ2) is 11.1. The molecule has 8 heteroatoms. The molecule has 1 aromatic carbocycles. The number of allylic oxidation sites excluding steroid dienone is 1. The van der Waals surface area contributed by atoms with Gasteiger partial charge in [0.25, 0.3) is 0 Å². The highest BCUT2D eigenvalue weighted by Gasteiger charge is 2.31. The van der Waals surface area contributed by atoms with Crippen LogP contribution in [0.3, 0.4) is 0 Å². The van der Waals surface area contributed by atoms with E-state index < -0.39 is 0 Å². The lowest BCUT2D eigenvalue weighted by molar-refractivity contribution is -0.124. The van der Waals surface area contributed by atoms with E-state index in [1.165, 1.54) is 17.7 Å². The van der Waals surface area contributed by atoms with Gasteiger partial charge in [0.1, 0.15) is 17.5 Å². The Morgan fingerprint density at radius 1 is 1.09 bits per heavy atom. The minimum Gasteiger partial charge on any atom is -0.354 e. The Bertz CT molecular complexity index is 1100. The van der Waals surface area contributed by atoms with Crippen LogP contribution in [-0.2, 0) is 9.59 Å². The summed E-state index contributed by atoms with van der Waals surface area (Å²) in [7, 11) is 3.70. The normalized spacial score (nSPS) is 17.1. The zero-order valence-electron chi connectivity index (χ0n) is 20.7. The number of thiophene rings is 1. The number of hydrogen-bond acceptors (Lipinski definition) is 7. The van der Waals surface area contributed by atoms with Gasteiger partial charge in [-0.3, -0.25) is 14.5 Å². The number of benzene rings is 1. The topological polar surface area (TPSA) is 79.7 Å². The fourth-order valence-corrected chi connectivity index (χ4v) is 5.80. The minimum absolute atomic E-state index is 0.00114. The summed E-state index contributed by atoms with van der Waals surface area (Å²) < 4.78 is 0. The first-order chi connectivity index (χ1) is 16.9. The van der Waals surface area contributed by atoms with E-state index in [1.807, 2.05) is 54.2 Å². The van der Waals surface area contributed by atoms with Gasteiger partial charge in [-0.1, -0.05) is 25.1 Å². The number of nitriles is 1. The third-order valence-corrected chi connectivity index (χ3v) is 8.03. The van der Waals surface area contributed by atoms with Crippen molar-refractivity contribution in [2.75, 3.05) is 43.5 Å². The Kier molecular flexibility index (Phi) is 7.89. The monoisotopic (exact) mass is 491 g/mol. The summed E-state index contributed by atoms with van der Waals surface area (Å²) in [6, 6.07) is 14.2. The molecule has 1 aromatic heterocycles. The lowest BCUT2D eigenvalue weighted by atomic mass is 9.97. The highest BCUT2D eigenvalue weighted by Crippen LogP contribution is 2.40. The third-order valence-electron chi connectivity index (χ3n) is 7.06. The lowest BCUT2D eigenvalue weighted by Gasteiger charge is -2.36. The van der Waals surface area contributed by atoms with Gasteiger partial charge in [-0.25, -0.2) is 0 Å². The maximum absolute atomic E-state index is 13.0. The van der Waals surface area contributed by atoms with E-state index in [0.717, 1.165) is 30.4 Å². The number of nitrogens with zero attached hydrogens (tertiary/aromatic N) is 4. The number of amides is 1. The lowest BCUT2D eigenvalue weighted by Crippen LogP contribution is -2.41. The zero-order chi connectivity index (χ0) is 24.9. The molecule has 1 fully saturated rings. The molecule has 1 unspecified atom stereocenters. The highest BCUT2D eigenvalue weighted by atomic mass is 32.1. The SMILES string of the molecule is CC1CCN(C(CNC(=O)CCC(=O)C(C#N)=C2N(C)c3ccccc3N2C)c2cccs2)CC1. The van der Waals surface area contributed by atoms with E-state index in [4.69, 9.17) is 0 Å². The predicted octanol–water partition coefficient (Wildman–Crippen LogP) is 4.31. The number of rotatable bonds is 8. The molecule has 2 aliphatic heterocycles. The van der Waals surface area contributed by atoms with Crippen molar-refractivity contribution in [3.05, 3.63) is 58.0 Å². The van der Waals surface area contributed by atoms with Crippen LogP contribution in [0.5, 0.6) is 0 Å². The molecule has 0 spiro atoms. The first kappa shape index (κ1) is 25.0. The molecule has 1 N–H and O–H groups in total. The molecule has 2 aromatic rings. The molecule has 35 heavy (non-hydrogen) atoms. The van der Waals surface area contributed by atoms with Crippen LogP contribution in [0.25, 0.3) is 0 Å². The fraction of sp³-hybridized carbons (Fsp3) is 0.444. The average Bonchev–Trinajstić information content (AvgIpc) is 3.48. The van der Waals surface area contributed by atoms with Gasteiger partial charge in [0.05, 0.1) is 17.4 Å². The van der Waals surface area contributed by atoms with Crippen LogP contribution in [-0.4, -0.2) is 50.3 Å². The second-order valence-electron chi connectivity index (χ2n) is 9.39. The van der Waals surface area contributed by atoms with E-state index in [1.54, 1.807) is 11.3 Å². The molecule has 0 saturated carbocycles. The first-order valence-electron chi connectivity index (χ1n) is 12.2. The number of ketones is 1. The maximum atomic E-state index is 13.0. The van der Waals surface area contributed by atoms with Crippen LogP contribution in [0.2, 0.25) is 0 Å². The Labute approximate surface area is 211 Å². The molecule has 2 aliphatic rings. The van der Waals surface area contributed by atoms with Gasteiger partial charge in [-0.15, -0.1) is 11.3 Å². The van der Waals surface area contributed by atoms with Gasteiger partial charge in [-0.05, 0) is 55.4 Å². The van der Waals surface area contributed by atoms with Crippen LogP contribution in [0.4, 0.5) is 11.4 Å². The van der Waals surface area contributed by atoms with Gasteiger partial charge in [0.15, 0.2) is 5.78 Å². The summed E-state index contributed by atoms with van der Waals surface area (Å²) in [5.74, 6) is 0.814. The number of carbonyl (C=O) groups is 2. The molecule has 1 atom stereocenters. The van der Waals surface area contributed by atoms with Crippen LogP contribution < -0.4 is 15.1 Å². The molecule has 184 valence electrons. The van der Waals surface area contributed by atoms with Crippen molar-refractivity contribution in [3.63, 3.8) is 0 Å². The van der Waals surface area contributed by atoms with Crippen molar-refractivity contribution in [2.24, 2.45) is 5.92 Å². The molecule has 7 nitrogen and oxygen atoms in total. The van der Waals surface area contributed by atoms with Gasteiger partial charge in [0, 0.05) is 38.4 Å². The van der Waals surface area contributed by atoms with Crippen LogP contribution >= 0.6 is 11.3 Å². The number of anilines is 2. The number of para-hydroxylation sites is 2. The Morgan fingerprint density at radius 3 is 2.31 bits per heavy atom. The highest BCUT2D eigenvalue weighted by molar-refractivity contribution is 7.10. The number of carbonyl (C=O) groups excluding carboxylic acids is 2. The number of likely N-dealkylation sites (tertiary alicyclic amines) is 1. The van der Waals surface area contributed by atoms with E-state index in [9.17, 15) is 14.9 Å². The molecule has 4 rings (SSSR count). The van der Waals surface area contributed by atoms with Crippen LogP contribution in [0.1, 0.15) is 43.5 Å². The third kappa shape index (κ3) is 5.42. The van der Waals surface area contributed by atoms with Gasteiger partial charge in [0.2, 0.25) is 5.91 Å². The van der Waals surface area contributed by atoms with Crippen molar-refractivity contribution in [2.45, 2.75) is 38.6 Å². The minimum atomic E-state index is -0.316. The van der Waals surface area contributed by atoms with Crippen molar-refractivity contribution >= 4 is 34.4 Å². The summed E-state index contributed by atoms with van der Waals surface area (Å²) in [5.41, 5.74) is 1.96. The van der Waals surface area contributed by atoms with Crippen molar-refractivity contribution < 1.29 is 9.59 Å². The predicted molar refractivity (Wildman–Crippen MR) is 140 cm³/mol. The van der Waals surface area contributed by atoms with E-state index in [-0.39, 0.29) is 36.1 Å². The molecule has 0 radical (unpaired) electrons. The van der Waals surface area contributed by atoms with Crippen molar-refractivity contribution in [1.29, 1.82) is 5.26 Å². The second-order valence-corrected chi connectivity index (χ2v) is 10.4. The number of piperidine rings is 1. The molecule has 1 amide bonds. The Hall–Kier alpha value is -3.15. The standard InChI is InChI=1S/C27H33N5O2S/c1-19-12-14-32(15-13-19)23(25-9-6-16-35-25)18-29-26(34)11-10-24(33)20(17-28)27-30(2)21-7-4-5-8-22(21)31(27)3/h4-9,16,19,23H,10-15,18H2,1-3H3,(H,29,34). The largest absolute Gasteiger partial charge is 0.354 e. The molecular weight excluding hydrogens is 458 g/mol. The molecule has 3 heterocycles. The van der Waals surface area contributed by atoms with Crippen molar-refractivity contribution in [3.8, 4) is 6.07 Å². The van der Waals surface area contributed by atoms with Gasteiger partial charge >= 0.3 is 0 Å².